The molecule has 1 saturated heterocycles. The van der Waals surface area contributed by atoms with Gasteiger partial charge in [0.05, 0.1) is 19.3 Å². The van der Waals surface area contributed by atoms with Crippen LogP contribution < -0.4 is 4.74 Å². The van der Waals surface area contributed by atoms with Crippen molar-refractivity contribution in [2.75, 3.05) is 33.4 Å². The number of nitrogens with zero attached hydrogens (tertiary/aromatic N) is 2. The first kappa shape index (κ1) is 22.5. The number of carbonyl (C=O) groups is 2. The van der Waals surface area contributed by atoms with E-state index in [0.29, 0.717) is 19.5 Å². The van der Waals surface area contributed by atoms with Gasteiger partial charge in [-0.2, -0.15) is 0 Å². The summed E-state index contributed by atoms with van der Waals surface area (Å²) in [5, 5.41) is 10.1. The third-order valence-electron chi connectivity index (χ3n) is 7.42. The molecule has 0 spiro atoms. The lowest BCUT2D eigenvalue weighted by atomic mass is 9.76. The van der Waals surface area contributed by atoms with Gasteiger partial charge in [-0.3, -0.25) is 9.59 Å². The number of aliphatic hydroxyl groups is 1. The molecule has 0 saturated carbocycles. The maximum Gasteiger partial charge on any atom is 0.254 e. The van der Waals surface area contributed by atoms with E-state index < -0.39 is 5.54 Å². The SMILES string of the molecule is COc1ccccc1[C@H]1CN2C(=O)CN(CCCCCO)C(=O)[C@]2(C)c2[nH]c3ccccc3c21. The van der Waals surface area contributed by atoms with Gasteiger partial charge >= 0.3 is 0 Å². The zero-order chi connectivity index (χ0) is 23.9. The smallest absolute Gasteiger partial charge is 0.254 e. The number of aromatic amines is 1. The Morgan fingerprint density at radius 3 is 2.65 bits per heavy atom. The lowest BCUT2D eigenvalue weighted by Crippen LogP contribution is -2.67. The third-order valence-corrected chi connectivity index (χ3v) is 7.42. The third kappa shape index (κ3) is 3.38. The molecule has 3 aromatic rings. The van der Waals surface area contributed by atoms with Gasteiger partial charge in [0.1, 0.15) is 5.75 Å². The number of nitrogens with one attached hydrogen (secondary N) is 1. The number of para-hydroxylation sites is 2. The highest BCUT2D eigenvalue weighted by atomic mass is 16.5. The number of ether oxygens (including phenoxy) is 1. The summed E-state index contributed by atoms with van der Waals surface area (Å²) in [7, 11) is 1.66. The van der Waals surface area contributed by atoms with E-state index in [-0.39, 0.29) is 30.9 Å². The number of benzene rings is 2. The molecule has 0 bridgehead atoms. The monoisotopic (exact) mass is 461 g/mol. The van der Waals surface area contributed by atoms with Crippen LogP contribution in [0.4, 0.5) is 0 Å². The molecule has 7 heteroatoms. The summed E-state index contributed by atoms with van der Waals surface area (Å²) < 4.78 is 5.69. The van der Waals surface area contributed by atoms with Crippen molar-refractivity contribution in [2.24, 2.45) is 0 Å². The van der Waals surface area contributed by atoms with Crippen LogP contribution in [-0.2, 0) is 15.1 Å². The van der Waals surface area contributed by atoms with Crippen molar-refractivity contribution in [3.63, 3.8) is 0 Å². The Labute approximate surface area is 199 Å². The van der Waals surface area contributed by atoms with Crippen molar-refractivity contribution in [1.82, 2.24) is 14.8 Å². The van der Waals surface area contributed by atoms with Crippen molar-refractivity contribution in [3.8, 4) is 5.75 Å². The summed E-state index contributed by atoms with van der Waals surface area (Å²) in [6.45, 7) is 3.02. The number of amides is 2. The predicted octanol–water partition coefficient (Wildman–Crippen LogP) is 3.37. The Hall–Kier alpha value is -3.32. The van der Waals surface area contributed by atoms with Crippen LogP contribution in [0.2, 0.25) is 0 Å². The highest BCUT2D eigenvalue weighted by Gasteiger charge is 2.56. The maximum atomic E-state index is 13.9. The minimum atomic E-state index is -1.10. The Morgan fingerprint density at radius 2 is 1.85 bits per heavy atom. The second-order valence-electron chi connectivity index (χ2n) is 9.34. The minimum absolute atomic E-state index is 0.0477. The summed E-state index contributed by atoms with van der Waals surface area (Å²) >= 11 is 0. The second-order valence-corrected chi connectivity index (χ2v) is 9.34. The van der Waals surface area contributed by atoms with Crippen LogP contribution in [0, 0.1) is 0 Å². The summed E-state index contributed by atoms with van der Waals surface area (Å²) in [6.07, 6.45) is 2.29. The maximum absolute atomic E-state index is 13.9. The molecule has 1 fully saturated rings. The molecule has 2 amide bonds. The first-order valence-corrected chi connectivity index (χ1v) is 12.0. The normalized spacial score (nSPS) is 22.1. The van der Waals surface area contributed by atoms with E-state index in [9.17, 15) is 9.59 Å². The quantitative estimate of drug-likeness (QED) is 0.529. The molecule has 34 heavy (non-hydrogen) atoms. The first-order valence-electron chi connectivity index (χ1n) is 12.0. The molecule has 7 nitrogen and oxygen atoms in total. The van der Waals surface area contributed by atoms with E-state index in [1.54, 1.807) is 16.9 Å². The molecule has 2 N–H and O–H groups in total. The fraction of sp³-hybridized carbons (Fsp3) is 0.407. The van der Waals surface area contributed by atoms with Crippen molar-refractivity contribution >= 4 is 22.7 Å². The highest BCUT2D eigenvalue weighted by Crippen LogP contribution is 2.49. The van der Waals surface area contributed by atoms with Crippen molar-refractivity contribution < 1.29 is 19.4 Å². The zero-order valence-electron chi connectivity index (χ0n) is 19.7. The molecule has 178 valence electrons. The van der Waals surface area contributed by atoms with E-state index in [1.807, 2.05) is 49.4 Å². The van der Waals surface area contributed by atoms with Crippen LogP contribution in [0.1, 0.15) is 48.9 Å². The number of H-pyrrole nitrogens is 1. The van der Waals surface area contributed by atoms with Crippen molar-refractivity contribution in [2.45, 2.75) is 37.6 Å². The number of methoxy groups -OCH3 is 1. The van der Waals surface area contributed by atoms with E-state index in [1.165, 1.54) is 0 Å². The standard InChI is InChI=1S/C27H31N3O4/c1-27-25-24(19-11-4-6-12-21(19)28-25)20(18-10-5-7-13-22(18)34-2)16-30(27)23(32)17-29(26(27)33)14-8-3-9-15-31/h4-7,10-13,20,28,31H,3,8-9,14-17H2,1-2H3/t20-,27+/m1/s1. The van der Waals surface area contributed by atoms with Crippen LogP contribution in [0.3, 0.4) is 0 Å². The van der Waals surface area contributed by atoms with E-state index in [4.69, 9.17) is 9.84 Å². The average Bonchev–Trinajstić information content (AvgIpc) is 3.26. The summed E-state index contributed by atoms with van der Waals surface area (Å²) in [4.78, 5) is 34.4. The number of fused-ring (bicyclic) bond motifs is 5. The van der Waals surface area contributed by atoms with Crippen LogP contribution in [-0.4, -0.2) is 65.1 Å². The summed E-state index contributed by atoms with van der Waals surface area (Å²) in [5.41, 5.74) is 2.70. The van der Waals surface area contributed by atoms with Crippen LogP contribution in [0.25, 0.3) is 10.9 Å². The number of carbonyl (C=O) groups excluding carboxylic acids is 2. The zero-order valence-corrected chi connectivity index (χ0v) is 19.7. The van der Waals surface area contributed by atoms with Gasteiger partial charge in [0.2, 0.25) is 5.91 Å². The van der Waals surface area contributed by atoms with Crippen LogP contribution in [0.15, 0.2) is 48.5 Å². The number of hydrogen-bond donors (Lipinski definition) is 2. The number of aromatic nitrogens is 1. The lowest BCUT2D eigenvalue weighted by Gasteiger charge is -2.51. The van der Waals surface area contributed by atoms with Crippen molar-refractivity contribution in [3.05, 3.63) is 65.4 Å². The summed E-state index contributed by atoms with van der Waals surface area (Å²) in [5.74, 6) is 0.549. The van der Waals surface area contributed by atoms with E-state index in [2.05, 4.69) is 11.1 Å². The molecule has 2 atom stereocenters. The fourth-order valence-electron chi connectivity index (χ4n) is 5.68. The second kappa shape index (κ2) is 8.80. The van der Waals surface area contributed by atoms with Gasteiger partial charge in [-0.15, -0.1) is 0 Å². The highest BCUT2D eigenvalue weighted by molar-refractivity contribution is 6.01. The molecule has 3 heterocycles. The molecular formula is C27H31N3O4. The van der Waals surface area contributed by atoms with Crippen molar-refractivity contribution in [1.29, 1.82) is 0 Å². The molecule has 2 aliphatic rings. The van der Waals surface area contributed by atoms with Gasteiger partial charge in [-0.1, -0.05) is 36.4 Å². The topological polar surface area (TPSA) is 85.9 Å². The Kier molecular flexibility index (Phi) is 5.81. The molecule has 0 aliphatic carbocycles. The molecule has 0 radical (unpaired) electrons. The molecule has 5 rings (SSSR count). The van der Waals surface area contributed by atoms with E-state index >= 15 is 0 Å². The lowest BCUT2D eigenvalue weighted by molar-refractivity contribution is -0.166. The van der Waals surface area contributed by atoms with E-state index in [0.717, 1.165) is 46.3 Å². The van der Waals surface area contributed by atoms with Gasteiger partial charge in [-0.05, 0) is 43.9 Å². The molecule has 2 aromatic carbocycles. The number of unbranched alkanes of at least 4 members (excludes halogenated alkanes) is 2. The van der Waals surface area contributed by atoms with Gasteiger partial charge in [0.15, 0.2) is 5.54 Å². The fourth-order valence-corrected chi connectivity index (χ4v) is 5.68. The van der Waals surface area contributed by atoms with Gasteiger partial charge < -0.3 is 24.6 Å². The largest absolute Gasteiger partial charge is 0.496 e. The molecular weight excluding hydrogens is 430 g/mol. The molecule has 2 aliphatic heterocycles. The first-order chi connectivity index (χ1) is 16.5. The Morgan fingerprint density at radius 1 is 1.09 bits per heavy atom. The number of hydrogen-bond acceptors (Lipinski definition) is 4. The number of aliphatic hydroxyl groups excluding tert-OH is 1. The molecule has 1 aromatic heterocycles. The van der Waals surface area contributed by atoms with Gasteiger partial charge in [0, 0.05) is 42.1 Å². The predicted molar refractivity (Wildman–Crippen MR) is 130 cm³/mol. The minimum Gasteiger partial charge on any atom is -0.496 e. The van der Waals surface area contributed by atoms with Crippen LogP contribution in [0.5, 0.6) is 5.75 Å². The van der Waals surface area contributed by atoms with Gasteiger partial charge in [0.25, 0.3) is 5.91 Å². The number of piperazine rings is 1. The number of rotatable bonds is 7. The van der Waals surface area contributed by atoms with Crippen LogP contribution >= 0.6 is 0 Å². The average molecular weight is 462 g/mol. The van der Waals surface area contributed by atoms with Gasteiger partial charge in [-0.25, -0.2) is 0 Å². The Bertz CT molecular complexity index is 1240. The summed E-state index contributed by atoms with van der Waals surface area (Å²) in [6, 6.07) is 16.0. The molecule has 0 unspecified atom stereocenters. The Balaban J connectivity index is 1.64.